The average Bonchev–Trinajstić information content (AvgIpc) is 2.62. The number of halogens is 1. The Morgan fingerprint density at radius 1 is 1.23 bits per heavy atom. The summed E-state index contributed by atoms with van der Waals surface area (Å²) < 4.78 is 0. The average molecular weight is 376 g/mol. The summed E-state index contributed by atoms with van der Waals surface area (Å²) in [6.45, 7) is 4.41. The van der Waals surface area contributed by atoms with Gasteiger partial charge in [0.25, 0.3) is 0 Å². The van der Waals surface area contributed by atoms with Crippen molar-refractivity contribution in [3.8, 4) is 0 Å². The molecule has 1 fully saturated rings. The van der Waals surface area contributed by atoms with Crippen molar-refractivity contribution in [1.82, 2.24) is 10.3 Å². The van der Waals surface area contributed by atoms with Crippen LogP contribution in [0.2, 0.25) is 5.02 Å². The highest BCUT2D eigenvalue weighted by Gasteiger charge is 2.29. The number of amides is 2. The molecule has 0 spiro atoms. The minimum absolute atomic E-state index is 0.0203. The van der Waals surface area contributed by atoms with Crippen LogP contribution in [0.4, 0.5) is 0 Å². The van der Waals surface area contributed by atoms with E-state index in [1.54, 1.807) is 12.1 Å². The van der Waals surface area contributed by atoms with E-state index in [4.69, 9.17) is 11.6 Å². The van der Waals surface area contributed by atoms with Gasteiger partial charge in [0, 0.05) is 23.9 Å². The van der Waals surface area contributed by atoms with Crippen molar-refractivity contribution in [3.05, 3.63) is 34.9 Å². The highest BCUT2D eigenvalue weighted by Crippen LogP contribution is 2.29. The molecule has 0 bridgehead atoms. The van der Waals surface area contributed by atoms with E-state index in [9.17, 15) is 9.59 Å². The Morgan fingerprint density at radius 3 is 2.69 bits per heavy atom. The first-order valence-corrected chi connectivity index (χ1v) is 9.75. The molecular formula is C20H26ClN3O2. The van der Waals surface area contributed by atoms with Gasteiger partial charge < -0.3 is 5.32 Å². The summed E-state index contributed by atoms with van der Waals surface area (Å²) in [5.41, 5.74) is 1.75. The summed E-state index contributed by atoms with van der Waals surface area (Å²) in [6.07, 6.45) is 4.30. The molecule has 1 aliphatic heterocycles. The Labute approximate surface area is 159 Å². The standard InChI is InChI=1S/C20H26ClN3O2/c1-13-4-3-5-17(14(13)2)22-19(25)12-24-20(26)11-10-18(23-24)15-6-8-16(21)9-7-15/h6-9,13-14,17H,3-5,10-12H2,1-2H3,(H,22,25). The molecule has 1 saturated carbocycles. The van der Waals surface area contributed by atoms with Crippen LogP contribution in [0.15, 0.2) is 29.4 Å². The first-order chi connectivity index (χ1) is 12.4. The predicted octanol–water partition coefficient (Wildman–Crippen LogP) is 3.61. The molecule has 3 rings (SSSR count). The lowest BCUT2D eigenvalue weighted by atomic mass is 9.78. The zero-order valence-corrected chi connectivity index (χ0v) is 16.1. The van der Waals surface area contributed by atoms with Gasteiger partial charge in [0.05, 0.1) is 5.71 Å². The topological polar surface area (TPSA) is 61.8 Å². The van der Waals surface area contributed by atoms with Crippen LogP contribution in [0, 0.1) is 11.8 Å². The maximum Gasteiger partial charge on any atom is 0.243 e. The lowest BCUT2D eigenvalue weighted by molar-refractivity contribution is -0.137. The maximum atomic E-state index is 12.5. The predicted molar refractivity (Wildman–Crippen MR) is 103 cm³/mol. The zero-order chi connectivity index (χ0) is 18.7. The third-order valence-electron chi connectivity index (χ3n) is 5.63. The fourth-order valence-electron chi connectivity index (χ4n) is 3.75. The number of benzene rings is 1. The molecule has 2 aliphatic rings. The van der Waals surface area contributed by atoms with Crippen molar-refractivity contribution in [2.75, 3.05) is 6.54 Å². The van der Waals surface area contributed by atoms with Gasteiger partial charge in [-0.2, -0.15) is 5.10 Å². The number of rotatable bonds is 4. The van der Waals surface area contributed by atoms with E-state index in [0.717, 1.165) is 24.1 Å². The normalized spacial score (nSPS) is 26.4. The van der Waals surface area contributed by atoms with Crippen LogP contribution in [0.1, 0.15) is 51.5 Å². The van der Waals surface area contributed by atoms with Crippen LogP contribution in [0.25, 0.3) is 0 Å². The van der Waals surface area contributed by atoms with Crippen molar-refractivity contribution in [3.63, 3.8) is 0 Å². The Bertz CT molecular complexity index is 702. The Balaban J connectivity index is 1.65. The van der Waals surface area contributed by atoms with E-state index in [2.05, 4.69) is 24.3 Å². The van der Waals surface area contributed by atoms with Crippen molar-refractivity contribution in [2.45, 2.75) is 52.0 Å². The van der Waals surface area contributed by atoms with E-state index in [-0.39, 0.29) is 24.4 Å². The fraction of sp³-hybridized carbons (Fsp3) is 0.550. The highest BCUT2D eigenvalue weighted by atomic mass is 35.5. The largest absolute Gasteiger partial charge is 0.351 e. The quantitative estimate of drug-likeness (QED) is 0.873. The summed E-state index contributed by atoms with van der Waals surface area (Å²) in [6, 6.07) is 7.57. The van der Waals surface area contributed by atoms with Gasteiger partial charge in [-0.3, -0.25) is 9.59 Å². The van der Waals surface area contributed by atoms with Crippen LogP contribution in [0.5, 0.6) is 0 Å². The van der Waals surface area contributed by atoms with Crippen LogP contribution < -0.4 is 5.32 Å². The smallest absolute Gasteiger partial charge is 0.243 e. The summed E-state index contributed by atoms with van der Waals surface area (Å²) in [4.78, 5) is 24.7. The zero-order valence-electron chi connectivity index (χ0n) is 15.4. The first kappa shape index (κ1) is 18.9. The number of hydrogen-bond acceptors (Lipinski definition) is 3. The molecule has 3 atom stereocenters. The second kappa shape index (κ2) is 8.21. The second-order valence-corrected chi connectivity index (χ2v) is 7.88. The summed E-state index contributed by atoms with van der Waals surface area (Å²) in [5, 5.41) is 9.50. The number of nitrogens with zero attached hydrogens (tertiary/aromatic N) is 2. The van der Waals surface area contributed by atoms with Gasteiger partial charge in [0.2, 0.25) is 11.8 Å². The van der Waals surface area contributed by atoms with Crippen molar-refractivity contribution < 1.29 is 9.59 Å². The van der Waals surface area contributed by atoms with E-state index < -0.39 is 0 Å². The van der Waals surface area contributed by atoms with E-state index in [1.165, 1.54) is 11.4 Å². The Kier molecular flexibility index (Phi) is 5.97. The molecule has 0 aromatic heterocycles. The van der Waals surface area contributed by atoms with Crippen LogP contribution in [-0.2, 0) is 9.59 Å². The molecule has 0 radical (unpaired) electrons. The van der Waals surface area contributed by atoms with Crippen molar-refractivity contribution in [2.24, 2.45) is 16.9 Å². The summed E-state index contributed by atoms with van der Waals surface area (Å²) in [5.74, 6) is 0.825. The molecule has 26 heavy (non-hydrogen) atoms. The van der Waals surface area contributed by atoms with Crippen LogP contribution >= 0.6 is 11.6 Å². The highest BCUT2D eigenvalue weighted by molar-refractivity contribution is 6.30. The Morgan fingerprint density at radius 2 is 1.96 bits per heavy atom. The van der Waals surface area contributed by atoms with Crippen LogP contribution in [0.3, 0.4) is 0 Å². The molecule has 1 aliphatic carbocycles. The van der Waals surface area contributed by atoms with Gasteiger partial charge in [-0.25, -0.2) is 5.01 Å². The number of carbonyl (C=O) groups excluding carboxylic acids is 2. The summed E-state index contributed by atoms with van der Waals surface area (Å²) >= 11 is 5.93. The first-order valence-electron chi connectivity index (χ1n) is 9.37. The van der Waals surface area contributed by atoms with Gasteiger partial charge in [-0.05, 0) is 36.0 Å². The Hall–Kier alpha value is -1.88. The lowest BCUT2D eigenvalue weighted by Gasteiger charge is -2.35. The molecule has 1 aromatic rings. The van der Waals surface area contributed by atoms with Crippen molar-refractivity contribution in [1.29, 1.82) is 0 Å². The molecule has 2 amide bonds. The van der Waals surface area contributed by atoms with Crippen molar-refractivity contribution >= 4 is 29.1 Å². The molecule has 1 heterocycles. The van der Waals surface area contributed by atoms with Gasteiger partial charge in [-0.15, -0.1) is 0 Å². The number of carbonyl (C=O) groups is 2. The third kappa shape index (κ3) is 4.44. The number of hydrogen-bond donors (Lipinski definition) is 1. The van der Waals surface area contributed by atoms with Crippen LogP contribution in [-0.4, -0.2) is 35.1 Å². The molecule has 5 nitrogen and oxygen atoms in total. The third-order valence-corrected chi connectivity index (χ3v) is 5.88. The second-order valence-electron chi connectivity index (χ2n) is 7.45. The molecule has 6 heteroatoms. The van der Waals surface area contributed by atoms with E-state index in [0.29, 0.717) is 29.7 Å². The number of hydrazone groups is 1. The van der Waals surface area contributed by atoms with Gasteiger partial charge in [0.15, 0.2) is 0 Å². The molecule has 1 N–H and O–H groups in total. The van der Waals surface area contributed by atoms with E-state index >= 15 is 0 Å². The monoisotopic (exact) mass is 375 g/mol. The maximum absolute atomic E-state index is 12.5. The van der Waals surface area contributed by atoms with Gasteiger partial charge in [0.1, 0.15) is 6.54 Å². The minimum Gasteiger partial charge on any atom is -0.351 e. The lowest BCUT2D eigenvalue weighted by Crippen LogP contribution is -2.48. The molecule has 0 saturated heterocycles. The molecule has 140 valence electrons. The number of nitrogens with one attached hydrogen (secondary N) is 1. The van der Waals surface area contributed by atoms with E-state index in [1.807, 2.05) is 12.1 Å². The molecule has 3 unspecified atom stereocenters. The molecular weight excluding hydrogens is 350 g/mol. The molecule has 1 aromatic carbocycles. The minimum atomic E-state index is -0.134. The van der Waals surface area contributed by atoms with Gasteiger partial charge >= 0.3 is 0 Å². The summed E-state index contributed by atoms with van der Waals surface area (Å²) in [7, 11) is 0. The fourth-order valence-corrected chi connectivity index (χ4v) is 3.87. The van der Waals surface area contributed by atoms with Gasteiger partial charge in [-0.1, -0.05) is 50.4 Å². The SMILES string of the molecule is CC1CCCC(NC(=O)CN2N=C(c3ccc(Cl)cc3)CCC2=O)C1C.